The summed E-state index contributed by atoms with van der Waals surface area (Å²) in [5.41, 5.74) is 7.33. The highest BCUT2D eigenvalue weighted by Crippen LogP contribution is 2.22. The second kappa shape index (κ2) is 6.49. The first-order valence-electron chi connectivity index (χ1n) is 6.59. The van der Waals surface area contributed by atoms with Gasteiger partial charge in [0.15, 0.2) is 0 Å². The highest BCUT2D eigenvalue weighted by atomic mass is 32.1. The molecular formula is C15H17N3O2S. The van der Waals surface area contributed by atoms with Crippen LogP contribution < -0.4 is 10.6 Å². The third-order valence-corrected chi connectivity index (χ3v) is 3.25. The minimum absolute atomic E-state index is 0.121. The highest BCUT2D eigenvalue weighted by molar-refractivity contribution is 7.80. The Bertz CT molecular complexity index is 688. The van der Waals surface area contributed by atoms with Crippen molar-refractivity contribution in [3.63, 3.8) is 0 Å². The molecule has 0 aliphatic carbocycles. The average Bonchev–Trinajstić information content (AvgIpc) is 2.46. The van der Waals surface area contributed by atoms with Gasteiger partial charge < -0.3 is 15.4 Å². The Hall–Kier alpha value is -2.21. The number of hydrogen-bond acceptors (Lipinski definition) is 5. The second-order valence-corrected chi connectivity index (χ2v) is 5.01. The number of fused-ring (bicyclic) bond motifs is 1. The molecule has 1 heterocycles. The van der Waals surface area contributed by atoms with E-state index in [1.165, 1.54) is 0 Å². The number of rotatable bonds is 5. The number of nitrogens with two attached hydrogens (primary N) is 1. The van der Waals surface area contributed by atoms with Crippen LogP contribution in [-0.2, 0) is 9.53 Å². The lowest BCUT2D eigenvalue weighted by Crippen LogP contribution is -2.28. The lowest BCUT2D eigenvalue weighted by Gasteiger charge is -2.18. The summed E-state index contributed by atoms with van der Waals surface area (Å²) in [7, 11) is 1.78. The van der Waals surface area contributed by atoms with Crippen LogP contribution in [0.3, 0.4) is 0 Å². The summed E-state index contributed by atoms with van der Waals surface area (Å²) in [6.45, 7) is 2.25. The topological polar surface area (TPSA) is 68.5 Å². The van der Waals surface area contributed by atoms with E-state index < -0.39 is 0 Å². The number of anilines is 1. The number of carbonyl (C=O) groups is 1. The van der Waals surface area contributed by atoms with Crippen LogP contribution in [0.2, 0.25) is 0 Å². The van der Waals surface area contributed by atoms with E-state index in [-0.39, 0.29) is 12.5 Å². The molecule has 2 N–H and O–H groups in total. The molecule has 110 valence electrons. The van der Waals surface area contributed by atoms with Gasteiger partial charge in [-0.3, -0.25) is 4.79 Å². The molecule has 0 aliphatic heterocycles. The normalized spacial score (nSPS) is 10.4. The molecule has 0 fully saturated rings. The summed E-state index contributed by atoms with van der Waals surface area (Å²) in [5.74, 6) is 0.330. The van der Waals surface area contributed by atoms with Crippen molar-refractivity contribution in [2.75, 3.05) is 25.1 Å². The van der Waals surface area contributed by atoms with Crippen LogP contribution in [0.4, 0.5) is 5.82 Å². The molecule has 0 radical (unpaired) electrons. The van der Waals surface area contributed by atoms with E-state index in [0.29, 0.717) is 17.4 Å². The first-order valence-corrected chi connectivity index (χ1v) is 7.00. The molecule has 2 aromatic rings. The van der Waals surface area contributed by atoms with Crippen molar-refractivity contribution < 1.29 is 9.53 Å². The summed E-state index contributed by atoms with van der Waals surface area (Å²) in [4.78, 5) is 18.1. The van der Waals surface area contributed by atoms with E-state index in [2.05, 4.69) is 4.98 Å². The Balaban J connectivity index is 2.40. The van der Waals surface area contributed by atoms with E-state index in [4.69, 9.17) is 22.7 Å². The summed E-state index contributed by atoms with van der Waals surface area (Å²) in [6, 6.07) is 9.41. The van der Waals surface area contributed by atoms with Gasteiger partial charge in [-0.2, -0.15) is 0 Å². The molecule has 0 bridgehead atoms. The maximum absolute atomic E-state index is 11.6. The molecule has 1 aromatic heterocycles. The van der Waals surface area contributed by atoms with Crippen molar-refractivity contribution in [1.29, 1.82) is 0 Å². The third kappa shape index (κ3) is 3.46. The van der Waals surface area contributed by atoms with Crippen molar-refractivity contribution in [3.05, 3.63) is 35.9 Å². The van der Waals surface area contributed by atoms with Gasteiger partial charge in [0.05, 0.1) is 12.1 Å². The molecule has 0 saturated heterocycles. The zero-order valence-corrected chi connectivity index (χ0v) is 12.8. The second-order valence-electron chi connectivity index (χ2n) is 4.57. The van der Waals surface area contributed by atoms with Crippen LogP contribution in [-0.4, -0.2) is 36.1 Å². The maximum Gasteiger partial charge on any atom is 0.325 e. The summed E-state index contributed by atoms with van der Waals surface area (Å²) in [5, 5.41) is 0.901. The Morgan fingerprint density at radius 1 is 1.43 bits per heavy atom. The van der Waals surface area contributed by atoms with Crippen molar-refractivity contribution in [2.45, 2.75) is 6.92 Å². The monoisotopic (exact) mass is 303 g/mol. The molecule has 2 rings (SSSR count). The molecule has 0 atom stereocenters. The molecule has 0 spiro atoms. The van der Waals surface area contributed by atoms with Gasteiger partial charge in [0.25, 0.3) is 0 Å². The quantitative estimate of drug-likeness (QED) is 0.672. The SMILES string of the molecule is CCOC(=O)CN(C)c1cc(C(N)=S)c2ccccc2n1. The third-order valence-electron chi connectivity index (χ3n) is 3.03. The molecule has 1 aromatic carbocycles. The Morgan fingerprint density at radius 3 is 2.81 bits per heavy atom. The van der Waals surface area contributed by atoms with E-state index in [9.17, 15) is 4.79 Å². The number of thiocarbonyl (C=S) groups is 1. The number of likely N-dealkylation sites (N-methyl/N-ethyl adjacent to an activating group) is 1. The van der Waals surface area contributed by atoms with Crippen LogP contribution in [0.1, 0.15) is 12.5 Å². The molecular weight excluding hydrogens is 286 g/mol. The number of benzene rings is 1. The zero-order valence-electron chi connectivity index (χ0n) is 12.0. The van der Waals surface area contributed by atoms with Crippen LogP contribution >= 0.6 is 12.2 Å². The van der Waals surface area contributed by atoms with Gasteiger partial charge in [-0.15, -0.1) is 0 Å². The summed E-state index contributed by atoms with van der Waals surface area (Å²) in [6.07, 6.45) is 0. The Labute approximate surface area is 128 Å². The lowest BCUT2D eigenvalue weighted by molar-refractivity contribution is -0.141. The number of ether oxygens (including phenoxy) is 1. The molecule has 5 nitrogen and oxygen atoms in total. The molecule has 21 heavy (non-hydrogen) atoms. The zero-order chi connectivity index (χ0) is 15.4. The van der Waals surface area contributed by atoms with Crippen LogP contribution in [0.25, 0.3) is 10.9 Å². The number of pyridine rings is 1. The van der Waals surface area contributed by atoms with Crippen molar-refractivity contribution in [2.24, 2.45) is 5.73 Å². The molecule has 0 unspecified atom stereocenters. The van der Waals surface area contributed by atoms with Crippen molar-refractivity contribution >= 4 is 39.9 Å². The summed E-state index contributed by atoms with van der Waals surface area (Å²) >= 11 is 5.10. The largest absolute Gasteiger partial charge is 0.465 e. The fraction of sp³-hybridized carbons (Fsp3) is 0.267. The minimum Gasteiger partial charge on any atom is -0.465 e. The Kier molecular flexibility index (Phi) is 4.70. The fourth-order valence-electron chi connectivity index (χ4n) is 2.04. The van der Waals surface area contributed by atoms with Gasteiger partial charge in [-0.1, -0.05) is 30.4 Å². The number of esters is 1. The number of nitrogens with zero attached hydrogens (tertiary/aromatic N) is 2. The molecule has 6 heteroatoms. The van der Waals surface area contributed by atoms with E-state index in [1.54, 1.807) is 24.9 Å². The van der Waals surface area contributed by atoms with Crippen molar-refractivity contribution in [1.82, 2.24) is 4.98 Å². The predicted molar refractivity (Wildman–Crippen MR) is 87.5 cm³/mol. The average molecular weight is 303 g/mol. The van der Waals surface area contributed by atoms with Crippen molar-refractivity contribution in [3.8, 4) is 0 Å². The van der Waals surface area contributed by atoms with Gasteiger partial charge in [0, 0.05) is 18.0 Å². The number of carbonyl (C=O) groups excluding carboxylic acids is 1. The van der Waals surface area contributed by atoms with Crippen LogP contribution in [0.5, 0.6) is 0 Å². The van der Waals surface area contributed by atoms with E-state index >= 15 is 0 Å². The predicted octanol–water partition coefficient (Wildman–Crippen LogP) is 1.87. The molecule has 0 amide bonds. The highest BCUT2D eigenvalue weighted by Gasteiger charge is 2.13. The lowest BCUT2D eigenvalue weighted by atomic mass is 10.1. The van der Waals surface area contributed by atoms with Crippen LogP contribution in [0, 0.1) is 0 Å². The molecule has 0 aliphatic rings. The van der Waals surface area contributed by atoms with E-state index in [0.717, 1.165) is 16.5 Å². The fourth-order valence-corrected chi connectivity index (χ4v) is 2.21. The first kappa shape index (κ1) is 15.2. The number of hydrogen-bond donors (Lipinski definition) is 1. The summed E-state index contributed by atoms with van der Waals surface area (Å²) < 4.78 is 4.94. The smallest absolute Gasteiger partial charge is 0.325 e. The van der Waals surface area contributed by atoms with Gasteiger partial charge in [-0.25, -0.2) is 4.98 Å². The van der Waals surface area contributed by atoms with Crippen LogP contribution in [0.15, 0.2) is 30.3 Å². The van der Waals surface area contributed by atoms with Gasteiger partial charge in [-0.05, 0) is 19.1 Å². The first-order chi connectivity index (χ1) is 10.0. The van der Waals surface area contributed by atoms with Gasteiger partial charge in [0.2, 0.25) is 0 Å². The Morgan fingerprint density at radius 2 is 2.14 bits per heavy atom. The van der Waals surface area contributed by atoms with Gasteiger partial charge >= 0.3 is 5.97 Å². The standard InChI is InChI=1S/C15H17N3O2S/c1-3-20-14(19)9-18(2)13-8-11(15(16)21)10-6-4-5-7-12(10)17-13/h4-8H,3,9H2,1-2H3,(H2,16,21). The minimum atomic E-state index is -0.299. The van der Waals surface area contributed by atoms with Gasteiger partial charge in [0.1, 0.15) is 17.4 Å². The maximum atomic E-state index is 11.6. The van der Waals surface area contributed by atoms with E-state index in [1.807, 2.05) is 24.3 Å². The number of para-hydroxylation sites is 1. The molecule has 0 saturated carbocycles. The number of aromatic nitrogens is 1.